The summed E-state index contributed by atoms with van der Waals surface area (Å²) >= 11 is 0. The summed E-state index contributed by atoms with van der Waals surface area (Å²) in [5.74, 6) is 0.488. The molecular formula is C15H26N4O3S. The first-order valence-electron chi connectivity index (χ1n) is 8.28. The Bertz CT molecular complexity index is 630. The monoisotopic (exact) mass is 342 g/mol. The van der Waals surface area contributed by atoms with E-state index in [2.05, 4.69) is 14.7 Å². The second kappa shape index (κ2) is 6.88. The highest BCUT2D eigenvalue weighted by Crippen LogP contribution is 2.29. The van der Waals surface area contributed by atoms with Crippen LogP contribution in [0.5, 0.6) is 0 Å². The molecule has 130 valence electrons. The van der Waals surface area contributed by atoms with E-state index in [9.17, 15) is 8.42 Å². The van der Waals surface area contributed by atoms with E-state index in [0.717, 1.165) is 38.1 Å². The molecule has 7 nitrogen and oxygen atoms in total. The van der Waals surface area contributed by atoms with Crippen LogP contribution in [0, 0.1) is 5.92 Å². The van der Waals surface area contributed by atoms with Gasteiger partial charge in [-0.1, -0.05) is 0 Å². The number of ether oxygens (including phenoxy) is 1. The van der Waals surface area contributed by atoms with Gasteiger partial charge in [0, 0.05) is 45.0 Å². The average Bonchev–Trinajstić information content (AvgIpc) is 2.92. The van der Waals surface area contributed by atoms with Gasteiger partial charge in [-0.2, -0.15) is 5.10 Å². The third kappa shape index (κ3) is 4.12. The minimum absolute atomic E-state index is 0.00442. The number of hydrogen-bond acceptors (Lipinski definition) is 5. The maximum absolute atomic E-state index is 12.0. The van der Waals surface area contributed by atoms with Crippen LogP contribution in [0.4, 0.5) is 0 Å². The number of rotatable bonds is 5. The standard InChI is InChI=1S/C15H26N4O3S/c1-3-23(20,21)17-14-11-19(9-12-7-16-18(2)8-12)10-13-5-4-6-22-15(13)14/h7-8,13-15,17H,3-6,9-11H2,1-2H3/t13-,14+,15-/m0/s1. The summed E-state index contributed by atoms with van der Waals surface area (Å²) in [4.78, 5) is 2.32. The summed E-state index contributed by atoms with van der Waals surface area (Å²) in [6.45, 7) is 4.81. The predicted octanol–water partition coefficient (Wildman–Crippen LogP) is 0.339. The van der Waals surface area contributed by atoms with Crippen molar-refractivity contribution in [3.63, 3.8) is 0 Å². The van der Waals surface area contributed by atoms with Gasteiger partial charge in [-0.3, -0.25) is 9.58 Å². The third-order valence-corrected chi connectivity index (χ3v) is 6.14. The van der Waals surface area contributed by atoms with Gasteiger partial charge in [0.05, 0.1) is 24.1 Å². The lowest BCUT2D eigenvalue weighted by Gasteiger charge is -2.45. The van der Waals surface area contributed by atoms with Crippen molar-refractivity contribution in [3.8, 4) is 0 Å². The fraction of sp³-hybridized carbons (Fsp3) is 0.800. The van der Waals surface area contributed by atoms with Gasteiger partial charge in [0.1, 0.15) is 0 Å². The zero-order valence-electron chi connectivity index (χ0n) is 13.8. The highest BCUT2D eigenvalue weighted by atomic mass is 32.2. The number of fused-ring (bicyclic) bond motifs is 1. The quantitative estimate of drug-likeness (QED) is 0.835. The van der Waals surface area contributed by atoms with Gasteiger partial charge in [-0.05, 0) is 25.7 Å². The van der Waals surface area contributed by atoms with Crippen LogP contribution in [0.1, 0.15) is 25.3 Å². The van der Waals surface area contributed by atoms with Crippen molar-refractivity contribution in [2.45, 2.75) is 38.5 Å². The molecule has 0 amide bonds. The number of aromatic nitrogens is 2. The van der Waals surface area contributed by atoms with Crippen LogP contribution in [0.3, 0.4) is 0 Å². The van der Waals surface area contributed by atoms with E-state index in [-0.39, 0.29) is 17.9 Å². The Hall–Kier alpha value is -0.960. The van der Waals surface area contributed by atoms with Crippen molar-refractivity contribution < 1.29 is 13.2 Å². The van der Waals surface area contributed by atoms with Crippen molar-refractivity contribution in [2.24, 2.45) is 13.0 Å². The van der Waals surface area contributed by atoms with Gasteiger partial charge in [0.25, 0.3) is 0 Å². The highest BCUT2D eigenvalue weighted by molar-refractivity contribution is 7.89. The van der Waals surface area contributed by atoms with E-state index in [4.69, 9.17) is 4.74 Å². The first-order valence-corrected chi connectivity index (χ1v) is 9.93. The lowest BCUT2D eigenvalue weighted by atomic mass is 9.85. The Balaban J connectivity index is 1.73. The molecule has 3 rings (SSSR count). The SMILES string of the molecule is CCS(=O)(=O)N[C@@H]1CN(Cc2cnn(C)c2)C[C@@H]2CCCO[C@@H]21. The Morgan fingerprint density at radius 3 is 2.96 bits per heavy atom. The number of hydrogen-bond donors (Lipinski definition) is 1. The molecule has 2 aliphatic heterocycles. The van der Waals surface area contributed by atoms with Crippen molar-refractivity contribution in [2.75, 3.05) is 25.4 Å². The second-order valence-corrected chi connectivity index (χ2v) is 8.62. The molecule has 0 saturated carbocycles. The van der Waals surface area contributed by atoms with Crippen LogP contribution in [0.25, 0.3) is 0 Å². The molecule has 23 heavy (non-hydrogen) atoms. The van der Waals surface area contributed by atoms with Gasteiger partial charge in [-0.25, -0.2) is 13.1 Å². The van der Waals surface area contributed by atoms with E-state index in [1.165, 1.54) is 0 Å². The molecule has 0 spiro atoms. The minimum Gasteiger partial charge on any atom is -0.376 e. The van der Waals surface area contributed by atoms with Gasteiger partial charge in [0.15, 0.2) is 0 Å². The molecule has 3 atom stereocenters. The zero-order chi connectivity index (χ0) is 16.4. The second-order valence-electron chi connectivity index (χ2n) is 6.58. The van der Waals surface area contributed by atoms with Crippen molar-refractivity contribution >= 4 is 10.0 Å². The number of likely N-dealkylation sites (tertiary alicyclic amines) is 1. The Morgan fingerprint density at radius 2 is 2.26 bits per heavy atom. The van der Waals surface area contributed by atoms with Crippen molar-refractivity contribution in [3.05, 3.63) is 18.0 Å². The van der Waals surface area contributed by atoms with E-state index < -0.39 is 10.0 Å². The largest absolute Gasteiger partial charge is 0.376 e. The van der Waals surface area contributed by atoms with Gasteiger partial charge >= 0.3 is 0 Å². The first kappa shape index (κ1) is 16.9. The molecule has 1 N–H and O–H groups in total. The molecule has 0 bridgehead atoms. The normalized spacial score (nSPS) is 29.4. The topological polar surface area (TPSA) is 76.5 Å². The molecule has 1 aromatic rings. The maximum Gasteiger partial charge on any atom is 0.211 e. The van der Waals surface area contributed by atoms with Gasteiger partial charge in [-0.15, -0.1) is 0 Å². The minimum atomic E-state index is -3.23. The maximum atomic E-state index is 12.0. The van der Waals surface area contributed by atoms with Crippen LogP contribution in [0.15, 0.2) is 12.4 Å². The number of nitrogens with one attached hydrogen (secondary N) is 1. The lowest BCUT2D eigenvalue weighted by Crippen LogP contribution is -2.60. The van der Waals surface area contributed by atoms with Gasteiger partial charge in [0.2, 0.25) is 10.0 Å². The molecule has 0 aliphatic carbocycles. The molecule has 0 unspecified atom stereocenters. The average molecular weight is 342 g/mol. The van der Waals surface area contributed by atoms with Gasteiger partial charge < -0.3 is 4.74 Å². The molecule has 0 aromatic carbocycles. The van der Waals surface area contributed by atoms with Crippen LogP contribution in [-0.2, 0) is 28.4 Å². The Kier molecular flexibility index (Phi) is 5.05. The number of aryl methyl sites for hydroxylation is 1. The first-order chi connectivity index (χ1) is 11.0. The van der Waals surface area contributed by atoms with Crippen LogP contribution in [-0.4, -0.2) is 60.7 Å². The summed E-state index contributed by atoms with van der Waals surface area (Å²) in [5.41, 5.74) is 1.15. The fourth-order valence-corrected chi connectivity index (χ4v) is 4.49. The number of piperidine rings is 1. The number of sulfonamides is 1. The smallest absolute Gasteiger partial charge is 0.211 e. The molecule has 2 aliphatic rings. The summed E-state index contributed by atoms with van der Waals surface area (Å²) < 4.78 is 34.6. The zero-order valence-corrected chi connectivity index (χ0v) is 14.6. The molecule has 3 heterocycles. The summed E-state index contributed by atoms with van der Waals surface area (Å²) in [7, 11) is -1.33. The molecular weight excluding hydrogens is 316 g/mol. The highest BCUT2D eigenvalue weighted by Gasteiger charge is 2.40. The predicted molar refractivity (Wildman–Crippen MR) is 87.3 cm³/mol. The third-order valence-electron chi connectivity index (χ3n) is 4.71. The van der Waals surface area contributed by atoms with Crippen LogP contribution in [0.2, 0.25) is 0 Å². The van der Waals surface area contributed by atoms with E-state index in [1.807, 2.05) is 19.4 Å². The fourth-order valence-electron chi connectivity index (χ4n) is 3.65. The van der Waals surface area contributed by atoms with Crippen molar-refractivity contribution in [1.82, 2.24) is 19.4 Å². The molecule has 0 radical (unpaired) electrons. The molecule has 2 saturated heterocycles. The van der Waals surface area contributed by atoms with Crippen molar-refractivity contribution in [1.29, 1.82) is 0 Å². The number of nitrogens with zero attached hydrogens (tertiary/aromatic N) is 3. The van der Waals surface area contributed by atoms with E-state index in [1.54, 1.807) is 11.6 Å². The molecule has 2 fully saturated rings. The summed E-state index contributed by atoms with van der Waals surface area (Å²) in [5, 5.41) is 4.21. The van der Waals surface area contributed by atoms with E-state index >= 15 is 0 Å². The Morgan fingerprint density at radius 1 is 1.43 bits per heavy atom. The van der Waals surface area contributed by atoms with Crippen LogP contribution < -0.4 is 4.72 Å². The van der Waals surface area contributed by atoms with E-state index in [0.29, 0.717) is 12.5 Å². The van der Waals surface area contributed by atoms with Crippen LogP contribution >= 0.6 is 0 Å². The lowest BCUT2D eigenvalue weighted by molar-refractivity contribution is -0.0823. The Labute approximate surface area is 138 Å². The molecule has 1 aromatic heterocycles. The summed E-state index contributed by atoms with van der Waals surface area (Å²) in [6.07, 6.45) is 6.02. The summed E-state index contributed by atoms with van der Waals surface area (Å²) in [6, 6.07) is -0.171. The molecule has 8 heteroatoms.